The summed E-state index contributed by atoms with van der Waals surface area (Å²) in [4.78, 5) is 9.63. The Labute approximate surface area is 130 Å². The average molecular weight is 373 g/mol. The Balaban J connectivity index is 2.41. The lowest BCUT2D eigenvalue weighted by molar-refractivity contribution is 0.557. The molecule has 106 valence electrons. The van der Waals surface area contributed by atoms with Gasteiger partial charge in [0.05, 0.1) is 9.26 Å². The predicted octanol–water partition coefficient (Wildman–Crippen LogP) is 4.32. The van der Waals surface area contributed by atoms with Crippen LogP contribution in [-0.2, 0) is 5.41 Å². The van der Waals surface area contributed by atoms with Gasteiger partial charge in [0.25, 0.3) is 0 Å². The molecule has 1 fully saturated rings. The Morgan fingerprint density at radius 1 is 1.32 bits per heavy atom. The highest BCUT2D eigenvalue weighted by atomic mass is 127. The molecule has 4 heteroatoms. The molecule has 1 saturated carbocycles. The molecular formula is C15H24IN3. The van der Waals surface area contributed by atoms with Crippen LogP contribution in [0.5, 0.6) is 0 Å². The van der Waals surface area contributed by atoms with Crippen LogP contribution in [0, 0.1) is 9.49 Å². The standard InChI is InChI=1S/C15H24IN3/c1-6-7-17-14-11(16)12(15(3,4)5)18-13(19-14)10-8-9(10)2/h9-10H,6-8H2,1-5H3,(H,17,18,19). The van der Waals surface area contributed by atoms with Crippen LogP contribution < -0.4 is 5.32 Å². The predicted molar refractivity (Wildman–Crippen MR) is 88.8 cm³/mol. The summed E-state index contributed by atoms with van der Waals surface area (Å²) in [6.45, 7) is 12.1. The van der Waals surface area contributed by atoms with Crippen LogP contribution in [0.3, 0.4) is 0 Å². The number of rotatable bonds is 4. The summed E-state index contributed by atoms with van der Waals surface area (Å²) in [7, 11) is 0. The molecule has 2 atom stereocenters. The minimum atomic E-state index is 0.0645. The number of hydrogen-bond donors (Lipinski definition) is 1. The maximum atomic E-state index is 4.87. The van der Waals surface area contributed by atoms with Crippen LogP contribution in [-0.4, -0.2) is 16.5 Å². The second-order valence-electron chi connectivity index (χ2n) is 6.59. The van der Waals surface area contributed by atoms with Crippen LogP contribution in [0.4, 0.5) is 5.82 Å². The summed E-state index contributed by atoms with van der Waals surface area (Å²) in [5.74, 6) is 3.38. The largest absolute Gasteiger partial charge is 0.369 e. The van der Waals surface area contributed by atoms with Crippen molar-refractivity contribution < 1.29 is 0 Å². The number of aromatic nitrogens is 2. The molecule has 19 heavy (non-hydrogen) atoms. The minimum Gasteiger partial charge on any atom is -0.369 e. The Morgan fingerprint density at radius 3 is 2.42 bits per heavy atom. The topological polar surface area (TPSA) is 37.8 Å². The molecule has 2 unspecified atom stereocenters. The molecule has 1 aliphatic rings. The molecule has 1 heterocycles. The zero-order valence-electron chi connectivity index (χ0n) is 12.5. The van der Waals surface area contributed by atoms with Gasteiger partial charge < -0.3 is 5.32 Å². The first kappa shape index (κ1) is 15.0. The fourth-order valence-electron chi connectivity index (χ4n) is 2.17. The van der Waals surface area contributed by atoms with E-state index in [-0.39, 0.29) is 5.41 Å². The molecule has 0 amide bonds. The molecule has 3 nitrogen and oxygen atoms in total. The van der Waals surface area contributed by atoms with E-state index in [0.717, 1.165) is 30.5 Å². The zero-order chi connectivity index (χ0) is 14.2. The van der Waals surface area contributed by atoms with Gasteiger partial charge in [-0.05, 0) is 41.4 Å². The molecule has 2 rings (SSSR count). The Kier molecular flexibility index (Phi) is 4.38. The van der Waals surface area contributed by atoms with Crippen molar-refractivity contribution in [1.29, 1.82) is 0 Å². The summed E-state index contributed by atoms with van der Waals surface area (Å²) in [6.07, 6.45) is 2.34. The van der Waals surface area contributed by atoms with Crippen LogP contribution in [0.25, 0.3) is 0 Å². The summed E-state index contributed by atoms with van der Waals surface area (Å²) >= 11 is 2.38. The molecule has 0 spiro atoms. The summed E-state index contributed by atoms with van der Waals surface area (Å²) < 4.78 is 1.18. The average Bonchev–Trinajstić information content (AvgIpc) is 3.03. The van der Waals surface area contributed by atoms with Crippen molar-refractivity contribution in [3.63, 3.8) is 0 Å². The lowest BCUT2D eigenvalue weighted by Crippen LogP contribution is -2.20. The van der Waals surface area contributed by atoms with E-state index in [9.17, 15) is 0 Å². The fraction of sp³-hybridized carbons (Fsp3) is 0.733. The molecule has 0 saturated heterocycles. The lowest BCUT2D eigenvalue weighted by Gasteiger charge is -2.22. The van der Waals surface area contributed by atoms with E-state index in [1.165, 1.54) is 15.7 Å². The van der Waals surface area contributed by atoms with Gasteiger partial charge in [-0.15, -0.1) is 0 Å². The van der Waals surface area contributed by atoms with Crippen molar-refractivity contribution in [2.45, 2.75) is 58.8 Å². The summed E-state index contributed by atoms with van der Waals surface area (Å²) in [5.41, 5.74) is 1.24. The molecule has 1 aromatic rings. The van der Waals surface area contributed by atoms with Gasteiger partial charge in [0.15, 0.2) is 0 Å². The van der Waals surface area contributed by atoms with Crippen molar-refractivity contribution in [3.8, 4) is 0 Å². The third kappa shape index (κ3) is 3.38. The van der Waals surface area contributed by atoms with E-state index in [2.05, 4.69) is 62.5 Å². The van der Waals surface area contributed by atoms with Crippen molar-refractivity contribution in [2.24, 2.45) is 5.92 Å². The highest BCUT2D eigenvalue weighted by Gasteiger charge is 2.38. The van der Waals surface area contributed by atoms with E-state index < -0.39 is 0 Å². The van der Waals surface area contributed by atoms with Crippen LogP contribution in [0.2, 0.25) is 0 Å². The Morgan fingerprint density at radius 2 is 1.95 bits per heavy atom. The SMILES string of the molecule is CCCNc1nc(C2CC2C)nc(C(C)(C)C)c1I. The van der Waals surface area contributed by atoms with Gasteiger partial charge in [-0.1, -0.05) is 34.6 Å². The van der Waals surface area contributed by atoms with E-state index in [1.54, 1.807) is 0 Å². The molecular weight excluding hydrogens is 349 g/mol. The molecule has 1 N–H and O–H groups in total. The smallest absolute Gasteiger partial charge is 0.143 e. The molecule has 0 radical (unpaired) electrons. The van der Waals surface area contributed by atoms with E-state index in [1.807, 2.05) is 0 Å². The molecule has 0 aliphatic heterocycles. The van der Waals surface area contributed by atoms with Gasteiger partial charge in [-0.3, -0.25) is 0 Å². The number of hydrogen-bond acceptors (Lipinski definition) is 3. The second-order valence-corrected chi connectivity index (χ2v) is 7.67. The normalized spacial score (nSPS) is 22.4. The molecule has 1 aromatic heterocycles. The first-order chi connectivity index (χ1) is 8.84. The highest BCUT2D eigenvalue weighted by molar-refractivity contribution is 14.1. The number of halogens is 1. The van der Waals surface area contributed by atoms with E-state index in [4.69, 9.17) is 9.97 Å². The third-order valence-corrected chi connectivity index (χ3v) is 4.58. The van der Waals surface area contributed by atoms with Crippen molar-refractivity contribution >= 4 is 28.4 Å². The number of nitrogens with one attached hydrogen (secondary N) is 1. The van der Waals surface area contributed by atoms with Gasteiger partial charge in [0.1, 0.15) is 11.6 Å². The second kappa shape index (κ2) is 5.54. The van der Waals surface area contributed by atoms with Crippen LogP contribution in [0.1, 0.15) is 64.9 Å². The maximum Gasteiger partial charge on any atom is 0.143 e. The van der Waals surface area contributed by atoms with E-state index >= 15 is 0 Å². The van der Waals surface area contributed by atoms with Crippen molar-refractivity contribution in [3.05, 3.63) is 15.1 Å². The fourth-order valence-corrected chi connectivity index (χ4v) is 3.41. The third-order valence-electron chi connectivity index (χ3n) is 3.56. The highest BCUT2D eigenvalue weighted by Crippen LogP contribution is 2.46. The van der Waals surface area contributed by atoms with E-state index in [0.29, 0.717) is 5.92 Å². The van der Waals surface area contributed by atoms with Crippen LogP contribution >= 0.6 is 22.6 Å². The van der Waals surface area contributed by atoms with Gasteiger partial charge in [-0.2, -0.15) is 0 Å². The maximum absolute atomic E-state index is 4.87. The molecule has 1 aliphatic carbocycles. The Hall–Kier alpha value is -0.390. The first-order valence-electron chi connectivity index (χ1n) is 7.16. The van der Waals surface area contributed by atoms with Crippen LogP contribution in [0.15, 0.2) is 0 Å². The minimum absolute atomic E-state index is 0.0645. The van der Waals surface area contributed by atoms with Crippen molar-refractivity contribution in [1.82, 2.24) is 9.97 Å². The van der Waals surface area contributed by atoms with Gasteiger partial charge in [0.2, 0.25) is 0 Å². The summed E-state index contributed by atoms with van der Waals surface area (Å²) in [6, 6.07) is 0. The lowest BCUT2D eigenvalue weighted by atomic mass is 9.91. The number of nitrogens with zero attached hydrogens (tertiary/aromatic N) is 2. The van der Waals surface area contributed by atoms with Gasteiger partial charge >= 0.3 is 0 Å². The van der Waals surface area contributed by atoms with Crippen molar-refractivity contribution in [2.75, 3.05) is 11.9 Å². The molecule has 0 bridgehead atoms. The zero-order valence-corrected chi connectivity index (χ0v) is 14.7. The Bertz CT molecular complexity index is 465. The molecule has 0 aromatic carbocycles. The first-order valence-corrected chi connectivity index (χ1v) is 8.24. The van der Waals surface area contributed by atoms with Gasteiger partial charge in [0, 0.05) is 17.9 Å². The number of anilines is 1. The summed E-state index contributed by atoms with van der Waals surface area (Å²) in [5, 5.41) is 3.45. The van der Waals surface area contributed by atoms with Gasteiger partial charge in [-0.25, -0.2) is 9.97 Å². The monoisotopic (exact) mass is 373 g/mol. The quantitative estimate of drug-likeness (QED) is 0.799.